The van der Waals surface area contributed by atoms with Gasteiger partial charge in [0.1, 0.15) is 22.6 Å². The predicted molar refractivity (Wildman–Crippen MR) is 118 cm³/mol. The van der Waals surface area contributed by atoms with E-state index in [1.54, 1.807) is 0 Å². The summed E-state index contributed by atoms with van der Waals surface area (Å²) < 4.78 is 11.4. The fourth-order valence-electron chi connectivity index (χ4n) is 3.26. The smallest absolute Gasteiger partial charge is 0.339 e. The van der Waals surface area contributed by atoms with Gasteiger partial charge >= 0.3 is 11.9 Å². The number of carbonyl (C=O) groups is 2. The monoisotopic (exact) mass is 422 g/mol. The van der Waals surface area contributed by atoms with Crippen LogP contribution in [0.4, 0.5) is 0 Å². The molecule has 0 bridgehead atoms. The van der Waals surface area contributed by atoms with E-state index >= 15 is 0 Å². The van der Waals surface area contributed by atoms with Crippen molar-refractivity contribution in [2.75, 3.05) is 13.2 Å². The number of hydrogen-bond donors (Lipinski definition) is 2. The van der Waals surface area contributed by atoms with Gasteiger partial charge in [-0.3, -0.25) is 0 Å². The number of rotatable bonds is 18. The van der Waals surface area contributed by atoms with Crippen molar-refractivity contribution in [1.82, 2.24) is 0 Å². The van der Waals surface area contributed by atoms with E-state index in [1.807, 2.05) is 0 Å². The summed E-state index contributed by atoms with van der Waals surface area (Å²) >= 11 is 0. The minimum absolute atomic E-state index is 0.148. The summed E-state index contributed by atoms with van der Waals surface area (Å²) in [5, 5.41) is 18.9. The van der Waals surface area contributed by atoms with Crippen molar-refractivity contribution in [2.45, 2.75) is 90.9 Å². The number of unbranched alkanes of at least 4 members (excludes halogenated alkanes) is 10. The average molecular weight is 423 g/mol. The van der Waals surface area contributed by atoms with Gasteiger partial charge in [-0.05, 0) is 18.9 Å². The normalized spacial score (nSPS) is 10.7. The molecule has 0 atom stereocenters. The van der Waals surface area contributed by atoms with Gasteiger partial charge in [0.15, 0.2) is 0 Å². The molecule has 0 aliphatic rings. The summed E-state index contributed by atoms with van der Waals surface area (Å²) in [6, 6.07) is 2.55. The van der Waals surface area contributed by atoms with Crippen LogP contribution in [0.3, 0.4) is 0 Å². The van der Waals surface area contributed by atoms with Gasteiger partial charge in [0.2, 0.25) is 0 Å². The van der Waals surface area contributed by atoms with Crippen molar-refractivity contribution in [2.24, 2.45) is 0 Å². The van der Waals surface area contributed by atoms with Gasteiger partial charge in [-0.15, -0.1) is 0 Å². The van der Waals surface area contributed by atoms with Gasteiger partial charge in [0.25, 0.3) is 0 Å². The largest absolute Gasteiger partial charge is 0.493 e. The van der Waals surface area contributed by atoms with Gasteiger partial charge in [0.05, 0.1) is 13.2 Å². The first-order valence-corrected chi connectivity index (χ1v) is 11.4. The number of carboxylic acids is 2. The number of benzene rings is 1. The molecule has 0 saturated heterocycles. The van der Waals surface area contributed by atoms with Crippen LogP contribution in [-0.4, -0.2) is 35.4 Å². The summed E-state index contributed by atoms with van der Waals surface area (Å²) in [4.78, 5) is 23.2. The van der Waals surface area contributed by atoms with E-state index in [0.717, 1.165) is 44.6 Å². The lowest BCUT2D eigenvalue weighted by Gasteiger charge is -2.14. The van der Waals surface area contributed by atoms with Gasteiger partial charge in [-0.2, -0.15) is 0 Å². The topological polar surface area (TPSA) is 93.1 Å². The number of ether oxygens (including phenoxy) is 2. The van der Waals surface area contributed by atoms with Gasteiger partial charge in [0, 0.05) is 6.07 Å². The van der Waals surface area contributed by atoms with Gasteiger partial charge in [-0.25, -0.2) is 9.59 Å². The number of hydrogen-bond acceptors (Lipinski definition) is 4. The van der Waals surface area contributed by atoms with Crippen LogP contribution in [-0.2, 0) is 0 Å². The van der Waals surface area contributed by atoms with Crippen LogP contribution >= 0.6 is 0 Å². The minimum atomic E-state index is -1.21. The van der Waals surface area contributed by atoms with Crippen LogP contribution in [0.1, 0.15) is 112 Å². The fourth-order valence-corrected chi connectivity index (χ4v) is 3.26. The van der Waals surface area contributed by atoms with E-state index in [4.69, 9.17) is 9.47 Å². The molecule has 0 aromatic heterocycles. The van der Waals surface area contributed by atoms with Crippen LogP contribution in [0, 0.1) is 0 Å². The maximum atomic E-state index is 11.6. The van der Waals surface area contributed by atoms with Crippen molar-refractivity contribution in [3.63, 3.8) is 0 Å². The molecule has 6 nitrogen and oxygen atoms in total. The lowest BCUT2D eigenvalue weighted by atomic mass is 10.1. The average Bonchev–Trinajstić information content (AvgIpc) is 2.72. The highest BCUT2D eigenvalue weighted by atomic mass is 16.5. The zero-order valence-corrected chi connectivity index (χ0v) is 18.6. The lowest BCUT2D eigenvalue weighted by Crippen LogP contribution is -2.10. The molecule has 30 heavy (non-hydrogen) atoms. The molecule has 0 fully saturated rings. The Morgan fingerprint density at radius 1 is 0.633 bits per heavy atom. The van der Waals surface area contributed by atoms with E-state index in [1.165, 1.54) is 44.6 Å². The Labute approximate surface area is 180 Å². The molecule has 1 aromatic rings. The highest BCUT2D eigenvalue weighted by Gasteiger charge is 2.21. The SMILES string of the molecule is CCCCCCCCOc1cc(OCCCCCCCC)c(C(=O)O)cc1C(=O)O. The summed E-state index contributed by atoms with van der Waals surface area (Å²) in [6.07, 6.45) is 13.2. The Morgan fingerprint density at radius 3 is 1.37 bits per heavy atom. The third kappa shape index (κ3) is 9.99. The van der Waals surface area contributed by atoms with Gasteiger partial charge < -0.3 is 19.7 Å². The first-order chi connectivity index (χ1) is 14.5. The maximum Gasteiger partial charge on any atom is 0.339 e. The van der Waals surface area contributed by atoms with Gasteiger partial charge in [-0.1, -0.05) is 78.1 Å². The van der Waals surface area contributed by atoms with E-state index in [9.17, 15) is 19.8 Å². The van der Waals surface area contributed by atoms with E-state index in [-0.39, 0.29) is 22.6 Å². The summed E-state index contributed by atoms with van der Waals surface area (Å²) in [6.45, 7) is 5.14. The quantitative estimate of drug-likeness (QED) is 0.260. The zero-order valence-electron chi connectivity index (χ0n) is 18.6. The fraction of sp³-hybridized carbons (Fsp3) is 0.667. The van der Waals surface area contributed by atoms with Crippen LogP contribution in [0.15, 0.2) is 12.1 Å². The van der Waals surface area contributed by atoms with Crippen LogP contribution < -0.4 is 9.47 Å². The molecule has 0 aliphatic carbocycles. The molecule has 2 N–H and O–H groups in total. The molecule has 0 saturated carbocycles. The molecular formula is C24H38O6. The van der Waals surface area contributed by atoms with Crippen molar-refractivity contribution < 1.29 is 29.3 Å². The molecule has 0 radical (unpaired) electrons. The second-order valence-electron chi connectivity index (χ2n) is 7.69. The Kier molecular flexibility index (Phi) is 13.4. The van der Waals surface area contributed by atoms with Crippen LogP contribution in [0.2, 0.25) is 0 Å². The number of carboxylic acid groups (broad SMARTS) is 2. The molecule has 0 amide bonds. The summed E-state index contributed by atoms with van der Waals surface area (Å²) in [5.74, 6) is -2.09. The molecular weight excluding hydrogens is 384 g/mol. The highest BCUT2D eigenvalue weighted by Crippen LogP contribution is 2.30. The van der Waals surface area contributed by atoms with Crippen LogP contribution in [0.25, 0.3) is 0 Å². The summed E-state index contributed by atoms with van der Waals surface area (Å²) in [5.41, 5.74) is -0.296. The van der Waals surface area contributed by atoms with Crippen molar-refractivity contribution >= 4 is 11.9 Å². The molecule has 1 rings (SSSR count). The first-order valence-electron chi connectivity index (χ1n) is 11.4. The van der Waals surface area contributed by atoms with Crippen LogP contribution in [0.5, 0.6) is 11.5 Å². The van der Waals surface area contributed by atoms with E-state index < -0.39 is 11.9 Å². The molecule has 0 unspecified atom stereocenters. The number of aromatic carboxylic acids is 2. The molecule has 0 heterocycles. The predicted octanol–water partition coefficient (Wildman–Crippen LogP) is 6.56. The second-order valence-corrected chi connectivity index (χ2v) is 7.69. The molecule has 6 heteroatoms. The Hall–Kier alpha value is -2.24. The van der Waals surface area contributed by atoms with E-state index in [0.29, 0.717) is 13.2 Å². The maximum absolute atomic E-state index is 11.6. The molecule has 170 valence electrons. The highest BCUT2D eigenvalue weighted by molar-refractivity contribution is 5.98. The first kappa shape index (κ1) is 25.8. The van der Waals surface area contributed by atoms with E-state index in [2.05, 4.69) is 13.8 Å². The Morgan fingerprint density at radius 2 is 1.00 bits per heavy atom. The summed E-state index contributed by atoms with van der Waals surface area (Å²) in [7, 11) is 0. The lowest BCUT2D eigenvalue weighted by molar-refractivity contribution is 0.0692. The van der Waals surface area contributed by atoms with Crippen molar-refractivity contribution in [3.05, 3.63) is 23.3 Å². The molecule has 0 aliphatic heterocycles. The third-order valence-electron chi connectivity index (χ3n) is 5.05. The van der Waals surface area contributed by atoms with Crippen molar-refractivity contribution in [1.29, 1.82) is 0 Å². The minimum Gasteiger partial charge on any atom is -0.493 e. The molecule has 1 aromatic carbocycles. The standard InChI is InChI=1S/C24H38O6/c1-3-5-7-9-11-13-15-29-21-18-22(30-16-14-12-10-8-6-4-2)20(24(27)28)17-19(21)23(25)26/h17-18H,3-16H2,1-2H3,(H,25,26)(H,27,28). The molecule has 0 spiro atoms. The van der Waals surface area contributed by atoms with Crippen molar-refractivity contribution in [3.8, 4) is 11.5 Å². The Balaban J connectivity index is 2.70. The Bertz CT molecular complexity index is 590. The zero-order chi connectivity index (χ0) is 22.2. The third-order valence-corrected chi connectivity index (χ3v) is 5.05. The second kappa shape index (κ2) is 15.6.